The van der Waals surface area contributed by atoms with Gasteiger partial charge in [0.15, 0.2) is 0 Å². The van der Waals surface area contributed by atoms with Crippen molar-refractivity contribution in [1.29, 1.82) is 0 Å². The smallest absolute Gasteiger partial charge is 0.128 e. The zero-order chi connectivity index (χ0) is 15.9. The van der Waals surface area contributed by atoms with Crippen LogP contribution in [-0.2, 0) is 6.42 Å². The van der Waals surface area contributed by atoms with Gasteiger partial charge in [-0.3, -0.25) is 0 Å². The number of piperidine rings is 1. The average Bonchev–Trinajstić information content (AvgIpc) is 2.94. The van der Waals surface area contributed by atoms with Gasteiger partial charge in [-0.05, 0) is 56.8 Å². The Morgan fingerprint density at radius 1 is 1.23 bits per heavy atom. The molecule has 0 bridgehead atoms. The van der Waals surface area contributed by atoms with Crippen molar-refractivity contribution in [3.05, 3.63) is 29.3 Å². The van der Waals surface area contributed by atoms with Crippen LogP contribution in [0.5, 0.6) is 5.75 Å². The summed E-state index contributed by atoms with van der Waals surface area (Å²) in [6.07, 6.45) is 4.46. The van der Waals surface area contributed by atoms with E-state index in [-0.39, 0.29) is 0 Å². The SMILES string of the molecule is CC.CC1CCN(CCCc2cccc3c2OCC3O)CC1. The van der Waals surface area contributed by atoms with Crippen molar-refractivity contribution < 1.29 is 9.84 Å². The predicted molar refractivity (Wildman–Crippen MR) is 91.4 cm³/mol. The van der Waals surface area contributed by atoms with Gasteiger partial charge in [0, 0.05) is 5.56 Å². The van der Waals surface area contributed by atoms with Crippen LogP contribution in [0.15, 0.2) is 18.2 Å². The zero-order valence-corrected chi connectivity index (χ0v) is 14.3. The molecular formula is C19H31NO2. The Kier molecular flexibility index (Phi) is 6.71. The summed E-state index contributed by atoms with van der Waals surface area (Å²) in [7, 11) is 0. The number of aliphatic hydroxyl groups excluding tert-OH is 1. The van der Waals surface area contributed by atoms with Crippen LogP contribution in [-0.4, -0.2) is 36.2 Å². The number of hydrogen-bond donors (Lipinski definition) is 1. The number of aryl methyl sites for hydroxylation is 1. The summed E-state index contributed by atoms with van der Waals surface area (Å²) in [5.41, 5.74) is 2.22. The molecule has 0 spiro atoms. The van der Waals surface area contributed by atoms with E-state index in [0.717, 1.165) is 23.7 Å². The minimum absolute atomic E-state index is 0.413. The molecule has 1 saturated heterocycles. The molecule has 0 radical (unpaired) electrons. The summed E-state index contributed by atoms with van der Waals surface area (Å²) in [4.78, 5) is 2.58. The average molecular weight is 305 g/mol. The van der Waals surface area contributed by atoms with E-state index in [1.54, 1.807) is 0 Å². The number of ether oxygens (including phenoxy) is 1. The molecule has 0 saturated carbocycles. The molecule has 0 aromatic heterocycles. The molecule has 0 amide bonds. The van der Waals surface area contributed by atoms with Gasteiger partial charge in [0.05, 0.1) is 0 Å². The molecule has 3 rings (SSSR count). The Labute approximate surface area is 135 Å². The third-order valence-electron chi connectivity index (χ3n) is 4.67. The maximum absolute atomic E-state index is 9.83. The normalized spacial score (nSPS) is 21.7. The highest BCUT2D eigenvalue weighted by atomic mass is 16.5. The molecule has 3 nitrogen and oxygen atoms in total. The standard InChI is InChI=1S/C17H25NO2.C2H6/c1-13-7-10-18(11-8-13)9-3-5-14-4-2-6-15-16(19)12-20-17(14)15;1-2/h2,4,6,13,16,19H,3,5,7-12H2,1H3;1-2H3. The van der Waals surface area contributed by atoms with Gasteiger partial charge in [-0.25, -0.2) is 0 Å². The third-order valence-corrected chi connectivity index (χ3v) is 4.67. The van der Waals surface area contributed by atoms with Crippen LogP contribution in [0.3, 0.4) is 0 Å². The van der Waals surface area contributed by atoms with Crippen LogP contribution < -0.4 is 4.74 Å². The van der Waals surface area contributed by atoms with Gasteiger partial charge in [-0.2, -0.15) is 0 Å². The summed E-state index contributed by atoms with van der Waals surface area (Å²) in [6.45, 7) is 10.5. The molecular weight excluding hydrogens is 274 g/mol. The highest BCUT2D eigenvalue weighted by Gasteiger charge is 2.24. The molecule has 1 aromatic rings. The van der Waals surface area contributed by atoms with Gasteiger partial charge in [-0.15, -0.1) is 0 Å². The van der Waals surface area contributed by atoms with Gasteiger partial charge in [0.1, 0.15) is 18.5 Å². The Balaban J connectivity index is 0.000000847. The number of aliphatic hydroxyl groups is 1. The topological polar surface area (TPSA) is 32.7 Å². The van der Waals surface area contributed by atoms with Crippen LogP contribution in [0.4, 0.5) is 0 Å². The number of benzene rings is 1. The Morgan fingerprint density at radius 2 is 1.95 bits per heavy atom. The molecule has 124 valence electrons. The summed E-state index contributed by atoms with van der Waals surface area (Å²) in [5.74, 6) is 1.84. The monoisotopic (exact) mass is 305 g/mol. The van der Waals surface area contributed by atoms with Crippen LogP contribution in [0, 0.1) is 5.92 Å². The fourth-order valence-corrected chi connectivity index (χ4v) is 3.27. The van der Waals surface area contributed by atoms with E-state index >= 15 is 0 Å². The van der Waals surface area contributed by atoms with E-state index in [1.807, 2.05) is 26.0 Å². The third kappa shape index (κ3) is 4.23. The summed E-state index contributed by atoms with van der Waals surface area (Å²) >= 11 is 0. The molecule has 2 heterocycles. The largest absolute Gasteiger partial charge is 0.490 e. The quantitative estimate of drug-likeness (QED) is 0.918. The van der Waals surface area contributed by atoms with Gasteiger partial charge >= 0.3 is 0 Å². The zero-order valence-electron chi connectivity index (χ0n) is 14.3. The number of nitrogens with zero attached hydrogens (tertiary/aromatic N) is 1. The lowest BCUT2D eigenvalue weighted by molar-refractivity contribution is 0.140. The number of hydrogen-bond acceptors (Lipinski definition) is 3. The lowest BCUT2D eigenvalue weighted by Crippen LogP contribution is -2.33. The van der Waals surface area contributed by atoms with Gasteiger partial charge in [0.2, 0.25) is 0 Å². The van der Waals surface area contributed by atoms with Crippen molar-refractivity contribution in [3.8, 4) is 5.75 Å². The van der Waals surface area contributed by atoms with Crippen molar-refractivity contribution in [1.82, 2.24) is 4.90 Å². The fourth-order valence-electron chi connectivity index (χ4n) is 3.27. The van der Waals surface area contributed by atoms with E-state index in [9.17, 15) is 5.11 Å². The first-order valence-corrected chi connectivity index (χ1v) is 8.89. The molecule has 3 heteroatoms. The Hall–Kier alpha value is -1.06. The Morgan fingerprint density at radius 3 is 2.68 bits per heavy atom. The van der Waals surface area contributed by atoms with E-state index in [4.69, 9.17) is 4.74 Å². The highest BCUT2D eigenvalue weighted by molar-refractivity contribution is 5.45. The Bertz CT molecular complexity index is 453. The van der Waals surface area contributed by atoms with E-state index in [0.29, 0.717) is 6.61 Å². The van der Waals surface area contributed by atoms with Gasteiger partial charge in [0.25, 0.3) is 0 Å². The summed E-state index contributed by atoms with van der Waals surface area (Å²) in [5, 5.41) is 9.83. The molecule has 0 aliphatic carbocycles. The van der Waals surface area contributed by atoms with Gasteiger partial charge < -0.3 is 14.7 Å². The first-order valence-electron chi connectivity index (χ1n) is 8.89. The van der Waals surface area contributed by atoms with Crippen molar-refractivity contribution in [2.75, 3.05) is 26.2 Å². The van der Waals surface area contributed by atoms with E-state index < -0.39 is 6.10 Å². The molecule has 2 aliphatic heterocycles. The minimum Gasteiger partial charge on any atom is -0.490 e. The molecule has 22 heavy (non-hydrogen) atoms. The van der Waals surface area contributed by atoms with Crippen LogP contribution >= 0.6 is 0 Å². The second-order valence-electron chi connectivity index (χ2n) is 6.29. The van der Waals surface area contributed by atoms with Gasteiger partial charge in [-0.1, -0.05) is 39.0 Å². The van der Waals surface area contributed by atoms with Crippen LogP contribution in [0.2, 0.25) is 0 Å². The van der Waals surface area contributed by atoms with E-state index in [2.05, 4.69) is 17.9 Å². The number of rotatable bonds is 4. The highest BCUT2D eigenvalue weighted by Crippen LogP contribution is 2.35. The molecule has 1 fully saturated rings. The lowest BCUT2D eigenvalue weighted by atomic mass is 9.98. The predicted octanol–water partition coefficient (Wildman–Crippen LogP) is 3.80. The molecule has 1 N–H and O–H groups in total. The number of likely N-dealkylation sites (tertiary alicyclic amines) is 1. The second-order valence-corrected chi connectivity index (χ2v) is 6.29. The molecule has 1 unspecified atom stereocenters. The van der Waals surface area contributed by atoms with Crippen LogP contribution in [0.25, 0.3) is 0 Å². The number of fused-ring (bicyclic) bond motifs is 1. The van der Waals surface area contributed by atoms with Crippen molar-refractivity contribution in [2.24, 2.45) is 5.92 Å². The first kappa shape index (κ1) is 17.3. The van der Waals surface area contributed by atoms with Crippen LogP contribution in [0.1, 0.15) is 57.3 Å². The molecule has 1 atom stereocenters. The van der Waals surface area contributed by atoms with E-state index in [1.165, 1.54) is 44.5 Å². The van der Waals surface area contributed by atoms with Crippen molar-refractivity contribution in [2.45, 2.75) is 52.6 Å². The van der Waals surface area contributed by atoms with Crippen molar-refractivity contribution >= 4 is 0 Å². The number of para-hydroxylation sites is 1. The maximum Gasteiger partial charge on any atom is 0.128 e. The molecule has 2 aliphatic rings. The second kappa shape index (κ2) is 8.54. The first-order chi connectivity index (χ1) is 10.7. The summed E-state index contributed by atoms with van der Waals surface area (Å²) < 4.78 is 5.63. The fraction of sp³-hybridized carbons (Fsp3) is 0.684. The minimum atomic E-state index is -0.437. The lowest BCUT2D eigenvalue weighted by Gasteiger charge is -2.30. The summed E-state index contributed by atoms with van der Waals surface area (Å²) in [6, 6.07) is 6.15. The maximum atomic E-state index is 9.83. The van der Waals surface area contributed by atoms with Crippen molar-refractivity contribution in [3.63, 3.8) is 0 Å². The molecule has 1 aromatic carbocycles.